The first-order valence-electron chi connectivity index (χ1n) is 8.92. The van der Waals surface area contributed by atoms with E-state index in [0.29, 0.717) is 18.9 Å². The molecule has 6 heteroatoms. The van der Waals surface area contributed by atoms with Gasteiger partial charge in [0.15, 0.2) is 0 Å². The smallest absolute Gasteiger partial charge is 0.320 e. The Bertz CT molecular complexity index is 573. The summed E-state index contributed by atoms with van der Waals surface area (Å²) in [7, 11) is 0. The number of likely N-dealkylation sites (tertiary alicyclic amines) is 2. The highest BCUT2D eigenvalue weighted by atomic mass is 35.5. The van der Waals surface area contributed by atoms with Crippen LogP contribution in [0.2, 0.25) is 0 Å². The van der Waals surface area contributed by atoms with Crippen LogP contribution in [0.25, 0.3) is 0 Å². The molecule has 25 heavy (non-hydrogen) atoms. The summed E-state index contributed by atoms with van der Waals surface area (Å²) in [6.45, 7) is 2.55. The summed E-state index contributed by atoms with van der Waals surface area (Å²) in [4.78, 5) is 27.4. The Morgan fingerprint density at radius 3 is 2.36 bits per heavy atom. The number of hydrogen-bond donors (Lipinski definition) is 1. The molecule has 1 amide bonds. The van der Waals surface area contributed by atoms with Crippen molar-refractivity contribution in [3.63, 3.8) is 0 Å². The Morgan fingerprint density at radius 2 is 1.72 bits per heavy atom. The minimum Gasteiger partial charge on any atom is -0.480 e. The molecule has 2 fully saturated rings. The van der Waals surface area contributed by atoms with Gasteiger partial charge in [-0.05, 0) is 50.1 Å². The summed E-state index contributed by atoms with van der Waals surface area (Å²) in [5, 5.41) is 9.22. The van der Waals surface area contributed by atoms with E-state index in [4.69, 9.17) is 0 Å². The van der Waals surface area contributed by atoms with Crippen LogP contribution in [0.1, 0.15) is 31.2 Å². The summed E-state index contributed by atoms with van der Waals surface area (Å²) in [6.07, 6.45) is 4.66. The highest BCUT2D eigenvalue weighted by Crippen LogP contribution is 2.23. The molecule has 0 spiro atoms. The van der Waals surface area contributed by atoms with Gasteiger partial charge in [-0.15, -0.1) is 12.4 Å². The van der Waals surface area contributed by atoms with E-state index in [-0.39, 0.29) is 24.9 Å². The summed E-state index contributed by atoms with van der Waals surface area (Å²) >= 11 is 0. The zero-order valence-corrected chi connectivity index (χ0v) is 15.3. The van der Waals surface area contributed by atoms with Gasteiger partial charge in [0.2, 0.25) is 5.91 Å². The molecule has 3 rings (SSSR count). The number of aliphatic carboxylic acids is 1. The Hall–Kier alpha value is -1.59. The molecule has 1 unspecified atom stereocenters. The van der Waals surface area contributed by atoms with Gasteiger partial charge in [0.1, 0.15) is 6.04 Å². The van der Waals surface area contributed by atoms with Crippen molar-refractivity contribution in [3.8, 4) is 0 Å². The molecule has 2 heterocycles. The minimum atomic E-state index is -0.804. The highest BCUT2D eigenvalue weighted by molar-refractivity contribution is 5.85. The third-order valence-electron chi connectivity index (χ3n) is 5.32. The summed E-state index contributed by atoms with van der Waals surface area (Å²) in [6, 6.07) is 10.0. The highest BCUT2D eigenvalue weighted by Gasteiger charge is 2.33. The maximum Gasteiger partial charge on any atom is 0.320 e. The minimum absolute atomic E-state index is 0. The van der Waals surface area contributed by atoms with Gasteiger partial charge >= 0.3 is 5.97 Å². The molecule has 2 aliphatic heterocycles. The number of carbonyl (C=O) groups excluding carboxylic acids is 1. The van der Waals surface area contributed by atoms with E-state index < -0.39 is 12.0 Å². The molecule has 0 radical (unpaired) electrons. The average Bonchev–Trinajstić information content (AvgIpc) is 3.05. The Morgan fingerprint density at radius 1 is 1.04 bits per heavy atom. The van der Waals surface area contributed by atoms with Crippen molar-refractivity contribution >= 4 is 24.3 Å². The molecular formula is C19H27ClN2O3. The molecule has 0 aromatic heterocycles. The van der Waals surface area contributed by atoms with Gasteiger partial charge < -0.3 is 10.0 Å². The summed E-state index contributed by atoms with van der Waals surface area (Å²) in [5.74, 6) is -0.0850. The summed E-state index contributed by atoms with van der Waals surface area (Å²) in [5.41, 5.74) is 1.36. The lowest BCUT2D eigenvalue weighted by molar-refractivity contribution is -0.143. The van der Waals surface area contributed by atoms with Gasteiger partial charge in [0, 0.05) is 13.1 Å². The number of carbonyl (C=O) groups is 2. The van der Waals surface area contributed by atoms with Crippen molar-refractivity contribution in [1.29, 1.82) is 0 Å². The van der Waals surface area contributed by atoms with Crippen LogP contribution in [0.15, 0.2) is 30.3 Å². The maximum absolute atomic E-state index is 12.5. The van der Waals surface area contributed by atoms with E-state index in [1.54, 1.807) is 0 Å². The molecule has 138 valence electrons. The topological polar surface area (TPSA) is 60.9 Å². The number of benzene rings is 1. The van der Waals surface area contributed by atoms with Crippen LogP contribution >= 0.6 is 12.4 Å². The number of nitrogens with zero attached hydrogens (tertiary/aromatic N) is 2. The van der Waals surface area contributed by atoms with Crippen molar-refractivity contribution in [1.82, 2.24) is 9.80 Å². The van der Waals surface area contributed by atoms with Crippen LogP contribution in [0.3, 0.4) is 0 Å². The van der Waals surface area contributed by atoms with Gasteiger partial charge in [0.25, 0.3) is 0 Å². The number of amides is 1. The molecule has 1 N–H and O–H groups in total. The Kier molecular flexibility index (Phi) is 7.26. The standard InChI is InChI=1S/C19H26N2O3.ClH/c22-18(14-21-10-4-7-17(21)19(23)24)20-11-8-16(9-12-20)13-15-5-2-1-3-6-15;/h1-3,5-6,16-17H,4,7-14H2,(H,23,24);1H. The van der Waals surface area contributed by atoms with Crippen LogP contribution in [0.4, 0.5) is 0 Å². The van der Waals surface area contributed by atoms with E-state index >= 15 is 0 Å². The van der Waals surface area contributed by atoms with E-state index in [2.05, 4.69) is 24.3 Å². The van der Waals surface area contributed by atoms with Crippen LogP contribution in [0, 0.1) is 5.92 Å². The number of hydrogen-bond acceptors (Lipinski definition) is 3. The molecule has 0 saturated carbocycles. The second kappa shape index (κ2) is 9.20. The quantitative estimate of drug-likeness (QED) is 0.869. The van der Waals surface area contributed by atoms with Crippen molar-refractivity contribution < 1.29 is 14.7 Å². The lowest BCUT2D eigenvalue weighted by Gasteiger charge is -2.33. The van der Waals surface area contributed by atoms with E-state index in [1.807, 2.05) is 15.9 Å². The van der Waals surface area contributed by atoms with Gasteiger partial charge in [-0.25, -0.2) is 0 Å². The predicted molar refractivity (Wildman–Crippen MR) is 98.9 cm³/mol. The number of carboxylic acids is 1. The van der Waals surface area contributed by atoms with Crippen LogP contribution < -0.4 is 0 Å². The Labute approximate surface area is 155 Å². The fraction of sp³-hybridized carbons (Fsp3) is 0.579. The van der Waals surface area contributed by atoms with Crippen molar-refractivity contribution in [2.75, 3.05) is 26.2 Å². The van der Waals surface area contributed by atoms with Crippen LogP contribution in [-0.4, -0.2) is 59.0 Å². The van der Waals surface area contributed by atoms with E-state index in [0.717, 1.165) is 38.8 Å². The molecule has 0 bridgehead atoms. The second-order valence-corrected chi connectivity index (χ2v) is 6.98. The first-order valence-corrected chi connectivity index (χ1v) is 8.92. The molecule has 2 aliphatic rings. The van der Waals surface area contributed by atoms with Crippen molar-refractivity contribution in [2.45, 2.75) is 38.1 Å². The fourth-order valence-electron chi connectivity index (χ4n) is 3.90. The monoisotopic (exact) mass is 366 g/mol. The Balaban J connectivity index is 0.00000225. The zero-order valence-electron chi connectivity index (χ0n) is 14.5. The SMILES string of the molecule is Cl.O=C(O)C1CCCN1CC(=O)N1CCC(Cc2ccccc2)CC1. The first kappa shape index (κ1) is 19.7. The molecular weight excluding hydrogens is 340 g/mol. The molecule has 0 aliphatic carbocycles. The fourth-order valence-corrected chi connectivity index (χ4v) is 3.90. The lowest BCUT2D eigenvalue weighted by Crippen LogP contribution is -2.47. The average molecular weight is 367 g/mol. The van der Waals surface area contributed by atoms with Gasteiger partial charge in [0.05, 0.1) is 6.54 Å². The van der Waals surface area contributed by atoms with Crippen LogP contribution in [-0.2, 0) is 16.0 Å². The largest absolute Gasteiger partial charge is 0.480 e. The number of rotatable bonds is 5. The van der Waals surface area contributed by atoms with Gasteiger partial charge in [-0.2, -0.15) is 0 Å². The predicted octanol–water partition coefficient (Wildman–Crippen LogP) is 2.44. The number of halogens is 1. The van der Waals surface area contributed by atoms with Gasteiger partial charge in [-0.3, -0.25) is 14.5 Å². The molecule has 1 atom stereocenters. The molecule has 5 nitrogen and oxygen atoms in total. The third-order valence-corrected chi connectivity index (χ3v) is 5.32. The number of piperidine rings is 1. The normalized spacial score (nSPS) is 21.8. The number of carboxylic acid groups (broad SMARTS) is 1. The van der Waals surface area contributed by atoms with E-state index in [1.165, 1.54) is 5.56 Å². The maximum atomic E-state index is 12.5. The lowest BCUT2D eigenvalue weighted by atomic mass is 9.90. The van der Waals surface area contributed by atoms with Crippen molar-refractivity contribution in [3.05, 3.63) is 35.9 Å². The van der Waals surface area contributed by atoms with Crippen LogP contribution in [0.5, 0.6) is 0 Å². The second-order valence-electron chi connectivity index (χ2n) is 6.98. The third kappa shape index (κ3) is 5.19. The first-order chi connectivity index (χ1) is 11.6. The molecule has 2 saturated heterocycles. The molecule has 1 aromatic carbocycles. The summed E-state index contributed by atoms with van der Waals surface area (Å²) < 4.78 is 0. The molecule has 1 aromatic rings. The van der Waals surface area contributed by atoms with E-state index in [9.17, 15) is 14.7 Å². The van der Waals surface area contributed by atoms with Crippen molar-refractivity contribution in [2.24, 2.45) is 5.92 Å². The zero-order chi connectivity index (χ0) is 16.9. The van der Waals surface area contributed by atoms with Gasteiger partial charge in [-0.1, -0.05) is 30.3 Å².